The zero-order chi connectivity index (χ0) is 12.7. The third kappa shape index (κ3) is 4.30. The molecule has 0 heterocycles. The van der Waals surface area contributed by atoms with E-state index in [-0.39, 0.29) is 11.9 Å². The van der Waals surface area contributed by atoms with Crippen LogP contribution in [-0.2, 0) is 4.79 Å². The van der Waals surface area contributed by atoms with Gasteiger partial charge in [-0.3, -0.25) is 4.79 Å². The van der Waals surface area contributed by atoms with Gasteiger partial charge < -0.3 is 11.1 Å². The number of nitrogens with two attached hydrogens (primary N) is 1. The topological polar surface area (TPSA) is 55.1 Å². The van der Waals surface area contributed by atoms with Gasteiger partial charge in [0.05, 0.1) is 6.04 Å². The lowest BCUT2D eigenvalue weighted by atomic mass is 9.83. The average Bonchev–Trinajstić information content (AvgIpc) is 2.82. The van der Waals surface area contributed by atoms with Gasteiger partial charge in [-0.15, -0.1) is 0 Å². The van der Waals surface area contributed by atoms with Crippen LogP contribution in [0.25, 0.3) is 0 Å². The third-order valence-corrected chi connectivity index (χ3v) is 4.26. The highest BCUT2D eigenvalue weighted by atomic mass is 16.2. The lowest BCUT2D eigenvalue weighted by Crippen LogP contribution is -2.44. The molecule has 0 aliphatic heterocycles. The molecule has 100 valence electrons. The fourth-order valence-electron chi connectivity index (χ4n) is 2.74. The molecule has 1 aliphatic carbocycles. The highest BCUT2D eigenvalue weighted by molar-refractivity contribution is 5.81. The van der Waals surface area contributed by atoms with Crippen molar-refractivity contribution in [1.82, 2.24) is 5.32 Å². The van der Waals surface area contributed by atoms with Gasteiger partial charge in [0.15, 0.2) is 0 Å². The molecule has 1 amide bonds. The molecule has 1 rings (SSSR count). The second-order valence-electron chi connectivity index (χ2n) is 5.53. The van der Waals surface area contributed by atoms with Crippen LogP contribution in [0.4, 0.5) is 0 Å². The summed E-state index contributed by atoms with van der Waals surface area (Å²) in [6.07, 6.45) is 9.24. The first kappa shape index (κ1) is 14.5. The van der Waals surface area contributed by atoms with E-state index < -0.39 is 0 Å². The molecule has 0 aromatic carbocycles. The maximum Gasteiger partial charge on any atom is 0.236 e. The van der Waals surface area contributed by atoms with E-state index in [9.17, 15) is 4.79 Å². The van der Waals surface area contributed by atoms with Crippen LogP contribution in [0, 0.1) is 5.41 Å². The van der Waals surface area contributed by atoms with Crippen molar-refractivity contribution in [3.05, 3.63) is 0 Å². The Hall–Kier alpha value is -0.570. The second kappa shape index (κ2) is 7.00. The van der Waals surface area contributed by atoms with Crippen LogP contribution in [0.1, 0.15) is 65.2 Å². The van der Waals surface area contributed by atoms with E-state index in [1.165, 1.54) is 25.7 Å². The summed E-state index contributed by atoms with van der Waals surface area (Å²) >= 11 is 0. The SMILES string of the molecule is CCCCC(N)C(=O)NCC1(CC)CCCC1. The number of rotatable bonds is 7. The number of carbonyl (C=O) groups is 1. The van der Waals surface area contributed by atoms with Gasteiger partial charge in [-0.2, -0.15) is 0 Å². The molecule has 17 heavy (non-hydrogen) atoms. The molecule has 0 bridgehead atoms. The first-order valence-electron chi connectivity index (χ1n) is 7.17. The Morgan fingerprint density at radius 2 is 2.00 bits per heavy atom. The van der Waals surface area contributed by atoms with Crippen LogP contribution < -0.4 is 11.1 Å². The Morgan fingerprint density at radius 3 is 2.53 bits per heavy atom. The molecule has 1 unspecified atom stereocenters. The fraction of sp³-hybridized carbons (Fsp3) is 0.929. The van der Waals surface area contributed by atoms with Crippen molar-refractivity contribution in [3.8, 4) is 0 Å². The minimum absolute atomic E-state index is 0.0400. The van der Waals surface area contributed by atoms with Crippen LogP contribution in [0.15, 0.2) is 0 Å². The van der Waals surface area contributed by atoms with Crippen molar-refractivity contribution in [2.24, 2.45) is 11.1 Å². The van der Waals surface area contributed by atoms with Gasteiger partial charge in [0.2, 0.25) is 5.91 Å². The summed E-state index contributed by atoms with van der Waals surface area (Å²) in [6, 6.07) is -0.315. The summed E-state index contributed by atoms with van der Waals surface area (Å²) in [6.45, 7) is 5.17. The van der Waals surface area contributed by atoms with Gasteiger partial charge in [-0.25, -0.2) is 0 Å². The zero-order valence-electron chi connectivity index (χ0n) is 11.4. The molecule has 0 aromatic heterocycles. The third-order valence-electron chi connectivity index (χ3n) is 4.26. The number of nitrogens with one attached hydrogen (secondary N) is 1. The smallest absolute Gasteiger partial charge is 0.236 e. The number of hydrogen-bond acceptors (Lipinski definition) is 2. The Bertz CT molecular complexity index is 234. The summed E-state index contributed by atoms with van der Waals surface area (Å²) in [5.41, 5.74) is 6.22. The standard InChI is InChI=1S/C14H28N2O/c1-3-5-8-12(15)13(17)16-11-14(4-2)9-6-7-10-14/h12H,3-11,15H2,1-2H3,(H,16,17). The lowest BCUT2D eigenvalue weighted by molar-refractivity contribution is -0.123. The quantitative estimate of drug-likeness (QED) is 0.718. The minimum Gasteiger partial charge on any atom is -0.354 e. The molecular formula is C14H28N2O. The highest BCUT2D eigenvalue weighted by Crippen LogP contribution is 2.40. The fourth-order valence-corrected chi connectivity index (χ4v) is 2.74. The van der Waals surface area contributed by atoms with E-state index in [0.717, 1.165) is 32.2 Å². The molecular weight excluding hydrogens is 212 g/mol. The molecule has 3 N–H and O–H groups in total. The van der Waals surface area contributed by atoms with Crippen LogP contribution >= 0.6 is 0 Å². The number of carbonyl (C=O) groups excluding carboxylic acids is 1. The van der Waals surface area contributed by atoms with Crippen molar-refractivity contribution < 1.29 is 4.79 Å². The number of unbranched alkanes of at least 4 members (excludes halogenated alkanes) is 1. The highest BCUT2D eigenvalue weighted by Gasteiger charge is 2.32. The minimum atomic E-state index is -0.315. The molecule has 0 spiro atoms. The van der Waals surface area contributed by atoms with Gasteiger partial charge in [-0.05, 0) is 31.1 Å². The van der Waals surface area contributed by atoms with E-state index in [1.807, 2.05) is 0 Å². The predicted octanol–water partition coefficient (Wildman–Crippen LogP) is 2.59. The summed E-state index contributed by atoms with van der Waals surface area (Å²) < 4.78 is 0. The van der Waals surface area contributed by atoms with Gasteiger partial charge in [0.1, 0.15) is 0 Å². The second-order valence-corrected chi connectivity index (χ2v) is 5.53. The normalized spacial score (nSPS) is 20.2. The summed E-state index contributed by atoms with van der Waals surface area (Å²) in [4.78, 5) is 11.8. The largest absolute Gasteiger partial charge is 0.354 e. The van der Waals surface area contributed by atoms with Crippen molar-refractivity contribution in [2.45, 2.75) is 71.3 Å². The van der Waals surface area contributed by atoms with Gasteiger partial charge >= 0.3 is 0 Å². The van der Waals surface area contributed by atoms with E-state index in [1.54, 1.807) is 0 Å². The zero-order valence-corrected chi connectivity index (χ0v) is 11.4. The molecule has 0 aromatic rings. The van der Waals surface area contributed by atoms with Gasteiger partial charge in [-0.1, -0.05) is 39.5 Å². The van der Waals surface area contributed by atoms with Crippen LogP contribution in [0.3, 0.4) is 0 Å². The molecule has 3 nitrogen and oxygen atoms in total. The van der Waals surface area contributed by atoms with Crippen LogP contribution in [0.5, 0.6) is 0 Å². The Kier molecular flexibility index (Phi) is 5.96. The number of amides is 1. The lowest BCUT2D eigenvalue weighted by Gasteiger charge is -2.28. The monoisotopic (exact) mass is 240 g/mol. The van der Waals surface area contributed by atoms with Crippen molar-refractivity contribution >= 4 is 5.91 Å². The summed E-state index contributed by atoms with van der Waals surface area (Å²) in [5, 5.41) is 3.06. The van der Waals surface area contributed by atoms with E-state index >= 15 is 0 Å². The average molecular weight is 240 g/mol. The molecule has 3 heteroatoms. The van der Waals surface area contributed by atoms with Gasteiger partial charge in [0.25, 0.3) is 0 Å². The Labute approximate surface area is 106 Å². The summed E-state index contributed by atoms with van der Waals surface area (Å²) in [7, 11) is 0. The Balaban J connectivity index is 2.31. The predicted molar refractivity (Wildman–Crippen MR) is 71.7 cm³/mol. The van der Waals surface area contributed by atoms with E-state index in [2.05, 4.69) is 19.2 Å². The van der Waals surface area contributed by atoms with E-state index in [4.69, 9.17) is 5.73 Å². The molecule has 1 atom stereocenters. The van der Waals surface area contributed by atoms with Crippen molar-refractivity contribution in [1.29, 1.82) is 0 Å². The molecule has 1 saturated carbocycles. The molecule has 1 aliphatic rings. The van der Waals surface area contributed by atoms with Crippen molar-refractivity contribution in [3.63, 3.8) is 0 Å². The van der Waals surface area contributed by atoms with Crippen LogP contribution in [0.2, 0.25) is 0 Å². The maximum atomic E-state index is 11.8. The Morgan fingerprint density at radius 1 is 1.35 bits per heavy atom. The van der Waals surface area contributed by atoms with Gasteiger partial charge in [0, 0.05) is 6.54 Å². The molecule has 0 radical (unpaired) electrons. The molecule has 0 saturated heterocycles. The first-order valence-corrected chi connectivity index (χ1v) is 7.17. The van der Waals surface area contributed by atoms with Crippen LogP contribution in [-0.4, -0.2) is 18.5 Å². The van der Waals surface area contributed by atoms with E-state index in [0.29, 0.717) is 5.41 Å². The number of hydrogen-bond donors (Lipinski definition) is 2. The summed E-state index contributed by atoms with van der Waals surface area (Å²) in [5.74, 6) is 0.0400. The maximum absolute atomic E-state index is 11.8. The first-order chi connectivity index (χ1) is 8.13. The molecule has 1 fully saturated rings. The van der Waals surface area contributed by atoms with Crippen molar-refractivity contribution in [2.75, 3.05) is 6.54 Å².